The van der Waals surface area contributed by atoms with Crippen LogP contribution in [0.1, 0.15) is 63.5 Å². The first-order valence-corrected chi connectivity index (χ1v) is 19.5. The van der Waals surface area contributed by atoms with Crippen molar-refractivity contribution in [2.75, 3.05) is 0 Å². The molecule has 0 spiro atoms. The molecule has 0 amide bonds. The molecule has 2 bridgehead atoms. The van der Waals surface area contributed by atoms with Gasteiger partial charge >= 0.3 is 0 Å². The third kappa shape index (κ3) is 6.39. The fourth-order valence-electron chi connectivity index (χ4n) is 9.81. The van der Waals surface area contributed by atoms with E-state index in [0.29, 0.717) is 23.0 Å². The summed E-state index contributed by atoms with van der Waals surface area (Å²) >= 11 is 0. The number of aromatic nitrogens is 3. The predicted molar refractivity (Wildman–Crippen MR) is 220 cm³/mol. The molecule has 0 saturated heterocycles. The first-order chi connectivity index (χ1) is 26.5. The van der Waals surface area contributed by atoms with Crippen molar-refractivity contribution < 1.29 is 0 Å². The molecule has 2 aliphatic carbocycles. The Hall–Kier alpha value is -5.92. The summed E-state index contributed by atoms with van der Waals surface area (Å²) in [6.07, 6.45) is 7.97. The average Bonchev–Trinajstić information content (AvgIpc) is 3.23. The van der Waals surface area contributed by atoms with Crippen molar-refractivity contribution >= 4 is 10.8 Å². The van der Waals surface area contributed by atoms with Crippen LogP contribution in [0.3, 0.4) is 0 Å². The van der Waals surface area contributed by atoms with Crippen molar-refractivity contribution in [3.63, 3.8) is 0 Å². The lowest BCUT2D eigenvalue weighted by atomic mass is 9.54. The van der Waals surface area contributed by atoms with Crippen molar-refractivity contribution in [1.82, 2.24) is 15.0 Å². The van der Waals surface area contributed by atoms with Crippen LogP contribution in [0.2, 0.25) is 0 Å². The Labute approximate surface area is 318 Å². The molecule has 1 unspecified atom stereocenters. The highest BCUT2D eigenvalue weighted by Crippen LogP contribution is 2.54. The summed E-state index contributed by atoms with van der Waals surface area (Å²) in [6.45, 7) is 4.84. The maximum absolute atomic E-state index is 9.31. The summed E-state index contributed by atoms with van der Waals surface area (Å²) in [5.41, 5.74) is 9.79. The second kappa shape index (κ2) is 14.1. The van der Waals surface area contributed by atoms with Gasteiger partial charge in [-0.2, -0.15) is 5.26 Å². The van der Waals surface area contributed by atoms with Gasteiger partial charge in [-0.1, -0.05) is 148 Å². The lowest BCUT2D eigenvalue weighted by molar-refractivity contribution is 0.0702. The quantitative estimate of drug-likeness (QED) is 0.166. The maximum atomic E-state index is 9.31. The van der Waals surface area contributed by atoms with E-state index < -0.39 is 0 Å². The van der Waals surface area contributed by atoms with Gasteiger partial charge in [-0.25, -0.2) is 15.0 Å². The molecule has 0 N–H and O–H groups in total. The van der Waals surface area contributed by atoms with Crippen molar-refractivity contribution in [2.24, 2.45) is 17.8 Å². The Balaban J connectivity index is 1.11. The molecular weight excluding hydrogens is 657 g/mol. The second-order valence-electron chi connectivity index (χ2n) is 15.8. The highest BCUT2D eigenvalue weighted by Gasteiger charge is 2.45. The minimum Gasteiger partial charge on any atom is -0.208 e. The molecule has 264 valence electrons. The van der Waals surface area contributed by atoms with Gasteiger partial charge < -0.3 is 0 Å². The molecule has 54 heavy (non-hydrogen) atoms. The zero-order valence-electron chi connectivity index (χ0n) is 31.0. The molecule has 6 aromatic carbocycles. The average molecular weight is 701 g/mol. The van der Waals surface area contributed by atoms with E-state index >= 15 is 0 Å². The van der Waals surface area contributed by atoms with Crippen LogP contribution in [-0.4, -0.2) is 15.0 Å². The SMILES string of the molecule is CC[C@@H]1C[C@@H]2C[C@H](C)CC(c3ccc(-c4nc(-c5ccc(-c6ccccc6-c6ccc(C#N)cc6)cc5)nc(-c5cccc6ccccc56)n4)cc3)(C1)C2. The molecule has 2 saturated carbocycles. The monoisotopic (exact) mass is 700 g/mol. The van der Waals surface area contributed by atoms with Gasteiger partial charge in [0.15, 0.2) is 17.5 Å². The Morgan fingerprint density at radius 2 is 1.13 bits per heavy atom. The van der Waals surface area contributed by atoms with Gasteiger partial charge in [-0.05, 0) is 106 Å². The van der Waals surface area contributed by atoms with Gasteiger partial charge in [0.05, 0.1) is 11.6 Å². The van der Waals surface area contributed by atoms with Crippen LogP contribution >= 0.6 is 0 Å². The van der Waals surface area contributed by atoms with Crippen LogP contribution in [0, 0.1) is 29.1 Å². The molecule has 4 heteroatoms. The highest BCUT2D eigenvalue weighted by molar-refractivity contribution is 5.95. The Bertz CT molecular complexity index is 2490. The molecule has 1 aromatic heterocycles. The molecule has 4 atom stereocenters. The first kappa shape index (κ1) is 33.9. The molecule has 0 aliphatic heterocycles. The summed E-state index contributed by atoms with van der Waals surface area (Å²) in [5, 5.41) is 11.6. The topological polar surface area (TPSA) is 62.5 Å². The highest BCUT2D eigenvalue weighted by atomic mass is 15.0. The van der Waals surface area contributed by atoms with Gasteiger partial charge in [0.25, 0.3) is 0 Å². The summed E-state index contributed by atoms with van der Waals surface area (Å²) < 4.78 is 0. The number of hydrogen-bond donors (Lipinski definition) is 0. The van der Waals surface area contributed by atoms with Crippen molar-refractivity contribution in [3.05, 3.63) is 151 Å². The number of nitrogens with zero attached hydrogens (tertiary/aromatic N) is 4. The molecule has 4 nitrogen and oxygen atoms in total. The van der Waals surface area contributed by atoms with Crippen molar-refractivity contribution in [1.29, 1.82) is 5.26 Å². The largest absolute Gasteiger partial charge is 0.208 e. The van der Waals surface area contributed by atoms with Crippen LogP contribution < -0.4 is 0 Å². The summed E-state index contributed by atoms with van der Waals surface area (Å²) in [4.78, 5) is 15.5. The normalized spacial score (nSPS) is 20.7. The van der Waals surface area contributed by atoms with Crippen molar-refractivity contribution in [2.45, 2.75) is 57.8 Å². The summed E-state index contributed by atoms with van der Waals surface area (Å²) in [6, 6.07) is 51.0. The van der Waals surface area contributed by atoms with Gasteiger partial charge in [0.1, 0.15) is 0 Å². The van der Waals surface area contributed by atoms with E-state index in [1.807, 2.05) is 24.3 Å². The summed E-state index contributed by atoms with van der Waals surface area (Å²) in [5.74, 6) is 4.45. The predicted octanol–water partition coefficient (Wildman–Crippen LogP) is 12.7. The molecule has 0 radical (unpaired) electrons. The van der Waals surface area contributed by atoms with E-state index in [1.165, 1.54) is 44.1 Å². The van der Waals surface area contributed by atoms with Crippen LogP contribution in [-0.2, 0) is 5.41 Å². The number of rotatable bonds is 7. The molecule has 9 rings (SSSR count). The number of fused-ring (bicyclic) bond motifs is 3. The minimum atomic E-state index is 0.276. The van der Waals surface area contributed by atoms with Gasteiger partial charge in [0.2, 0.25) is 0 Å². The van der Waals surface area contributed by atoms with Crippen LogP contribution in [0.25, 0.3) is 67.2 Å². The van der Waals surface area contributed by atoms with Crippen LogP contribution in [0.15, 0.2) is 140 Å². The Kier molecular flexibility index (Phi) is 8.87. The van der Waals surface area contributed by atoms with E-state index in [2.05, 4.69) is 135 Å². The molecular formula is C50H44N4. The smallest absolute Gasteiger partial charge is 0.164 e. The molecule has 2 fully saturated rings. The number of benzene rings is 6. The Morgan fingerprint density at radius 1 is 0.574 bits per heavy atom. The van der Waals surface area contributed by atoms with Gasteiger partial charge in [-0.15, -0.1) is 0 Å². The van der Waals surface area contributed by atoms with Crippen LogP contribution in [0.4, 0.5) is 0 Å². The van der Waals surface area contributed by atoms with E-state index in [9.17, 15) is 5.26 Å². The third-order valence-corrected chi connectivity index (χ3v) is 12.2. The second-order valence-corrected chi connectivity index (χ2v) is 15.8. The standard InChI is InChI=1S/C50H44N4/c1-3-34-28-36-27-33(2)29-50(30-34,31-36)42-25-23-41(24-26-42)48-52-47(53-49(54-48)46-14-8-10-37-9-4-5-13-45(37)46)40-21-19-39(20-22-40)44-12-7-6-11-43(44)38-17-15-35(32-51)16-18-38/h4-26,33-34,36H,3,27-31H2,1-2H3/t33-,34+,36-,50?/m0/s1. The third-order valence-electron chi connectivity index (χ3n) is 12.2. The van der Waals surface area contributed by atoms with E-state index in [1.54, 1.807) is 0 Å². The first-order valence-electron chi connectivity index (χ1n) is 19.5. The minimum absolute atomic E-state index is 0.276. The lowest BCUT2D eigenvalue weighted by Crippen LogP contribution is -2.42. The van der Waals surface area contributed by atoms with Gasteiger partial charge in [0, 0.05) is 16.7 Å². The maximum Gasteiger partial charge on any atom is 0.164 e. The fourth-order valence-corrected chi connectivity index (χ4v) is 9.81. The Morgan fingerprint density at radius 3 is 1.80 bits per heavy atom. The zero-order valence-corrected chi connectivity index (χ0v) is 31.0. The lowest BCUT2D eigenvalue weighted by Gasteiger charge is -2.51. The summed E-state index contributed by atoms with van der Waals surface area (Å²) in [7, 11) is 0. The molecule has 2 aliphatic rings. The van der Waals surface area contributed by atoms with Gasteiger partial charge in [-0.3, -0.25) is 0 Å². The fraction of sp³-hybridized carbons (Fsp3) is 0.240. The van der Waals surface area contributed by atoms with Crippen molar-refractivity contribution in [3.8, 4) is 62.5 Å². The van der Waals surface area contributed by atoms with E-state index in [0.717, 1.165) is 67.5 Å². The number of nitriles is 1. The van der Waals surface area contributed by atoms with E-state index in [4.69, 9.17) is 15.0 Å². The molecule has 7 aromatic rings. The molecule has 1 heterocycles. The number of hydrogen-bond acceptors (Lipinski definition) is 4. The van der Waals surface area contributed by atoms with E-state index in [-0.39, 0.29) is 5.41 Å². The van der Waals surface area contributed by atoms with Crippen LogP contribution in [0.5, 0.6) is 0 Å². The zero-order chi connectivity index (χ0) is 36.6.